The number of benzene rings is 1. The highest BCUT2D eigenvalue weighted by Gasteiger charge is 2.16. The smallest absolute Gasteiger partial charge is 0.124 e. The molecule has 1 N–H and O–H groups in total. The zero-order chi connectivity index (χ0) is 13.2. The van der Waals surface area contributed by atoms with E-state index < -0.39 is 0 Å². The first-order valence-corrected chi connectivity index (χ1v) is 6.64. The predicted molar refractivity (Wildman–Crippen MR) is 78.2 cm³/mol. The maximum absolute atomic E-state index is 11.2. The first-order chi connectivity index (χ1) is 9.29. The highest BCUT2D eigenvalue weighted by molar-refractivity contribution is 7.67. The summed E-state index contributed by atoms with van der Waals surface area (Å²) in [6.07, 6.45) is 5.75. The SMILES string of the molecule is O=S=C1CC=CC(O)=C1c1ccc2ncccc2c1. The summed E-state index contributed by atoms with van der Waals surface area (Å²) in [4.78, 5) is 4.90. The lowest BCUT2D eigenvalue weighted by atomic mass is 9.95. The molecule has 3 rings (SSSR count). The molecule has 0 unspecified atom stereocenters. The Labute approximate surface area is 114 Å². The van der Waals surface area contributed by atoms with E-state index in [1.54, 1.807) is 18.3 Å². The third kappa shape index (κ3) is 2.11. The maximum Gasteiger partial charge on any atom is 0.124 e. The van der Waals surface area contributed by atoms with E-state index in [-0.39, 0.29) is 5.76 Å². The second kappa shape index (κ2) is 4.82. The number of allylic oxidation sites excluding steroid dienone is 3. The quantitative estimate of drug-likeness (QED) is 0.810. The normalized spacial score (nSPS) is 15.1. The van der Waals surface area contributed by atoms with Crippen molar-refractivity contribution in [1.82, 2.24) is 4.98 Å². The molecular weight excluding hydrogens is 258 g/mol. The van der Waals surface area contributed by atoms with Crippen molar-refractivity contribution in [2.24, 2.45) is 0 Å². The third-order valence-corrected chi connectivity index (χ3v) is 3.68. The molecule has 1 aliphatic carbocycles. The Morgan fingerprint density at radius 2 is 2.16 bits per heavy atom. The van der Waals surface area contributed by atoms with E-state index >= 15 is 0 Å². The van der Waals surface area contributed by atoms with Gasteiger partial charge < -0.3 is 5.11 Å². The van der Waals surface area contributed by atoms with Crippen molar-refractivity contribution in [1.29, 1.82) is 0 Å². The molecule has 4 heteroatoms. The molecule has 0 saturated carbocycles. The summed E-state index contributed by atoms with van der Waals surface area (Å²) in [5.41, 5.74) is 2.38. The number of nitrogens with zero attached hydrogens (tertiary/aromatic N) is 1. The van der Waals surface area contributed by atoms with E-state index in [0.29, 0.717) is 28.1 Å². The maximum atomic E-state index is 11.2. The van der Waals surface area contributed by atoms with Crippen LogP contribution in [0.4, 0.5) is 0 Å². The molecule has 0 fully saturated rings. The van der Waals surface area contributed by atoms with Crippen LogP contribution in [-0.4, -0.2) is 19.2 Å². The number of rotatable bonds is 1. The fourth-order valence-electron chi connectivity index (χ4n) is 2.22. The van der Waals surface area contributed by atoms with Gasteiger partial charge in [-0.2, -0.15) is 0 Å². The molecule has 2 aromatic rings. The summed E-state index contributed by atoms with van der Waals surface area (Å²) in [5, 5.41) is 11.0. The summed E-state index contributed by atoms with van der Waals surface area (Å²) in [6.45, 7) is 0. The Morgan fingerprint density at radius 1 is 1.26 bits per heavy atom. The first-order valence-electron chi connectivity index (χ1n) is 5.90. The second-order valence-corrected chi connectivity index (χ2v) is 4.94. The van der Waals surface area contributed by atoms with E-state index in [2.05, 4.69) is 4.98 Å². The largest absolute Gasteiger partial charge is 0.507 e. The molecule has 19 heavy (non-hydrogen) atoms. The van der Waals surface area contributed by atoms with Gasteiger partial charge in [0.05, 0.1) is 21.6 Å². The molecule has 94 valence electrons. The Kier molecular flexibility index (Phi) is 3.01. The Hall–Kier alpha value is -2.20. The molecule has 1 aromatic carbocycles. The summed E-state index contributed by atoms with van der Waals surface area (Å²) in [5.74, 6) is 0.146. The first kappa shape index (κ1) is 11.9. The highest BCUT2D eigenvalue weighted by Crippen LogP contribution is 2.27. The number of aliphatic hydroxyl groups excluding tert-OH is 1. The summed E-state index contributed by atoms with van der Waals surface area (Å²) >= 11 is 0.440. The van der Waals surface area contributed by atoms with Gasteiger partial charge in [-0.25, -0.2) is 4.21 Å². The van der Waals surface area contributed by atoms with E-state index in [1.807, 2.05) is 30.3 Å². The van der Waals surface area contributed by atoms with Gasteiger partial charge in [0, 0.05) is 23.6 Å². The average molecular weight is 269 g/mol. The van der Waals surface area contributed by atoms with Crippen LogP contribution in [0, 0.1) is 0 Å². The number of aliphatic hydroxyl groups is 1. The van der Waals surface area contributed by atoms with Gasteiger partial charge in [-0.1, -0.05) is 18.2 Å². The van der Waals surface area contributed by atoms with Crippen molar-refractivity contribution >= 4 is 32.6 Å². The van der Waals surface area contributed by atoms with Crippen LogP contribution in [0.25, 0.3) is 16.5 Å². The Balaban J connectivity index is 2.23. The molecule has 1 aliphatic rings. The van der Waals surface area contributed by atoms with Crippen LogP contribution in [-0.2, 0) is 11.3 Å². The van der Waals surface area contributed by atoms with Crippen molar-refractivity contribution in [2.75, 3.05) is 0 Å². The minimum absolute atomic E-state index is 0.146. The zero-order valence-corrected chi connectivity index (χ0v) is 10.9. The third-order valence-electron chi connectivity index (χ3n) is 3.11. The molecule has 0 radical (unpaired) electrons. The van der Waals surface area contributed by atoms with Gasteiger partial charge >= 0.3 is 0 Å². The minimum atomic E-state index is 0.146. The number of hydrogen-bond acceptors (Lipinski definition) is 3. The summed E-state index contributed by atoms with van der Waals surface area (Å²) < 4.78 is 11.2. The average Bonchev–Trinajstić information content (AvgIpc) is 2.46. The van der Waals surface area contributed by atoms with Crippen LogP contribution in [0.3, 0.4) is 0 Å². The number of pyridine rings is 1. The summed E-state index contributed by atoms with van der Waals surface area (Å²) in [7, 11) is 0. The molecule has 1 aromatic heterocycles. The van der Waals surface area contributed by atoms with Crippen molar-refractivity contribution in [2.45, 2.75) is 6.42 Å². The topological polar surface area (TPSA) is 50.2 Å². The van der Waals surface area contributed by atoms with E-state index in [0.717, 1.165) is 16.5 Å². The molecule has 0 aliphatic heterocycles. The van der Waals surface area contributed by atoms with Gasteiger partial charge in [-0.15, -0.1) is 0 Å². The Morgan fingerprint density at radius 3 is 3.00 bits per heavy atom. The van der Waals surface area contributed by atoms with E-state index in [1.165, 1.54) is 0 Å². The van der Waals surface area contributed by atoms with Gasteiger partial charge in [0.2, 0.25) is 0 Å². The van der Waals surface area contributed by atoms with Crippen LogP contribution in [0.15, 0.2) is 54.4 Å². The van der Waals surface area contributed by atoms with E-state index in [4.69, 9.17) is 0 Å². The molecule has 0 spiro atoms. The number of hydrogen-bond donors (Lipinski definition) is 1. The lowest BCUT2D eigenvalue weighted by Gasteiger charge is -2.13. The molecule has 0 atom stereocenters. The van der Waals surface area contributed by atoms with Gasteiger partial charge in [0.15, 0.2) is 0 Å². The zero-order valence-electron chi connectivity index (χ0n) is 10.0. The molecule has 0 bridgehead atoms. The van der Waals surface area contributed by atoms with Crippen molar-refractivity contribution in [3.63, 3.8) is 0 Å². The predicted octanol–water partition coefficient (Wildman–Crippen LogP) is 2.85. The molecule has 3 nitrogen and oxygen atoms in total. The highest BCUT2D eigenvalue weighted by atomic mass is 32.1. The van der Waals surface area contributed by atoms with Gasteiger partial charge in [0.25, 0.3) is 0 Å². The van der Waals surface area contributed by atoms with Crippen LogP contribution in [0.1, 0.15) is 12.0 Å². The van der Waals surface area contributed by atoms with E-state index in [9.17, 15) is 9.32 Å². The standard InChI is InChI=1S/C15H11NO2S/c17-13-4-1-5-14(19-18)15(13)11-6-7-12-10(9-11)3-2-8-16-12/h1-4,6-9,17H,5H2. The number of aromatic nitrogens is 1. The van der Waals surface area contributed by atoms with Crippen LogP contribution >= 0.6 is 0 Å². The van der Waals surface area contributed by atoms with Gasteiger partial charge in [-0.3, -0.25) is 4.98 Å². The molecular formula is C15H11NO2S. The number of fused-ring (bicyclic) bond motifs is 1. The molecule has 1 heterocycles. The lowest BCUT2D eigenvalue weighted by molar-refractivity contribution is 0.435. The minimum Gasteiger partial charge on any atom is -0.507 e. The van der Waals surface area contributed by atoms with Gasteiger partial charge in [0.1, 0.15) is 5.76 Å². The summed E-state index contributed by atoms with van der Waals surface area (Å²) in [6, 6.07) is 9.57. The fourth-order valence-corrected chi connectivity index (χ4v) is 2.69. The molecule has 0 saturated heterocycles. The molecule has 0 amide bonds. The van der Waals surface area contributed by atoms with Crippen LogP contribution in [0.2, 0.25) is 0 Å². The van der Waals surface area contributed by atoms with Crippen LogP contribution in [0.5, 0.6) is 0 Å². The van der Waals surface area contributed by atoms with Crippen LogP contribution < -0.4 is 0 Å². The lowest BCUT2D eigenvalue weighted by Crippen LogP contribution is -2.07. The Bertz CT molecular complexity index is 771. The van der Waals surface area contributed by atoms with Gasteiger partial charge in [-0.05, 0) is 29.8 Å². The fraction of sp³-hybridized carbons (Fsp3) is 0.0667. The van der Waals surface area contributed by atoms with Crippen molar-refractivity contribution in [3.05, 3.63) is 60.0 Å². The second-order valence-electron chi connectivity index (χ2n) is 4.28. The van der Waals surface area contributed by atoms with Crippen molar-refractivity contribution < 1.29 is 9.32 Å². The monoisotopic (exact) mass is 269 g/mol. The van der Waals surface area contributed by atoms with Crippen molar-refractivity contribution in [3.8, 4) is 0 Å².